The molecule has 0 spiro atoms. The van der Waals surface area contributed by atoms with Gasteiger partial charge in [0, 0.05) is 42.3 Å². The maximum atomic E-state index is 13.5. The smallest absolute Gasteiger partial charge is 0.383 e. The summed E-state index contributed by atoms with van der Waals surface area (Å²) in [6.45, 7) is 2.16. The van der Waals surface area contributed by atoms with Gasteiger partial charge in [0.05, 0.1) is 11.3 Å². The van der Waals surface area contributed by atoms with Crippen LogP contribution in [0.4, 0.5) is 24.5 Å². The van der Waals surface area contributed by atoms with E-state index >= 15 is 0 Å². The number of para-hydroxylation sites is 1. The lowest BCUT2D eigenvalue weighted by Crippen LogP contribution is -2.42. The number of hydrogen-bond donors (Lipinski definition) is 0. The van der Waals surface area contributed by atoms with E-state index in [1.807, 2.05) is 18.2 Å². The Morgan fingerprint density at radius 3 is 2.33 bits per heavy atom. The van der Waals surface area contributed by atoms with Crippen molar-refractivity contribution in [3.8, 4) is 5.75 Å². The van der Waals surface area contributed by atoms with Crippen LogP contribution in [-0.2, 0) is 11.0 Å². The molecule has 0 aliphatic carbocycles. The second kappa shape index (κ2) is 13.1. The first-order valence-electron chi connectivity index (χ1n) is 12.4. The van der Waals surface area contributed by atoms with Gasteiger partial charge in [-0.2, -0.15) is 13.2 Å². The van der Waals surface area contributed by atoms with Gasteiger partial charge in [-0.1, -0.05) is 29.8 Å². The number of amides is 1. The van der Waals surface area contributed by atoms with Gasteiger partial charge < -0.3 is 14.1 Å². The van der Waals surface area contributed by atoms with Gasteiger partial charge in [-0.15, -0.1) is 0 Å². The normalized spacial score (nSPS) is 14.3. The van der Waals surface area contributed by atoms with Crippen molar-refractivity contribution in [2.45, 2.75) is 23.9 Å². The van der Waals surface area contributed by atoms with Crippen molar-refractivity contribution in [2.75, 3.05) is 42.4 Å². The highest BCUT2D eigenvalue weighted by molar-refractivity contribution is 8.00. The molecule has 1 amide bonds. The number of alkyl halides is 3. The molecule has 3 aromatic carbocycles. The maximum absolute atomic E-state index is 13.5. The molecule has 208 valence electrons. The Balaban J connectivity index is 1.48. The van der Waals surface area contributed by atoms with Crippen LogP contribution in [0.25, 0.3) is 0 Å². The Bertz CT molecular complexity index is 1240. The second-order valence-corrected chi connectivity index (χ2v) is 11.1. The van der Waals surface area contributed by atoms with Crippen LogP contribution in [0.3, 0.4) is 0 Å². The minimum absolute atomic E-state index is 0.00914. The Labute approximate surface area is 240 Å². The number of piperidine rings is 1. The van der Waals surface area contributed by atoms with Gasteiger partial charge in [-0.05, 0) is 85.3 Å². The van der Waals surface area contributed by atoms with Crippen molar-refractivity contribution in [1.29, 1.82) is 0 Å². The number of anilines is 2. The number of rotatable bonds is 9. The number of hydrogen-bond acceptors (Lipinski definition) is 5. The fourth-order valence-electron chi connectivity index (χ4n) is 4.49. The van der Waals surface area contributed by atoms with E-state index in [4.69, 9.17) is 27.8 Å². The van der Waals surface area contributed by atoms with Crippen molar-refractivity contribution in [2.24, 2.45) is 5.92 Å². The first-order valence-corrected chi connectivity index (χ1v) is 13.8. The number of halogens is 5. The monoisotopic (exact) mass is 597 g/mol. The van der Waals surface area contributed by atoms with E-state index in [0.717, 1.165) is 56.1 Å². The van der Waals surface area contributed by atoms with E-state index in [-0.39, 0.29) is 23.9 Å². The van der Waals surface area contributed by atoms with Crippen molar-refractivity contribution >= 4 is 52.7 Å². The average Bonchev–Trinajstić information content (AvgIpc) is 2.93. The van der Waals surface area contributed by atoms with Gasteiger partial charge >= 0.3 is 6.18 Å². The number of benzene rings is 3. The van der Waals surface area contributed by atoms with Gasteiger partial charge in [0.25, 0.3) is 0 Å². The SMILES string of the molecule is CN(CC1CCN(c2ccccc2)CC1)C(=O)CN(Sc1ccc(Cl)cc1)c1cc(C(F)(F)F)ccc1OCl. The molecular weight excluding hydrogens is 570 g/mol. The third-order valence-electron chi connectivity index (χ3n) is 6.64. The molecule has 5 nitrogen and oxygen atoms in total. The molecule has 1 fully saturated rings. The molecule has 0 atom stereocenters. The molecule has 1 aliphatic rings. The third kappa shape index (κ3) is 7.90. The van der Waals surface area contributed by atoms with Crippen molar-refractivity contribution in [1.82, 2.24) is 4.90 Å². The molecule has 0 unspecified atom stereocenters. The Morgan fingerprint density at radius 1 is 1.05 bits per heavy atom. The minimum Gasteiger partial charge on any atom is -0.383 e. The van der Waals surface area contributed by atoms with E-state index in [2.05, 4.69) is 17.0 Å². The largest absolute Gasteiger partial charge is 0.416 e. The zero-order valence-electron chi connectivity index (χ0n) is 21.2. The number of likely N-dealkylation sites (N-methyl/N-ethyl adjacent to an activating group) is 1. The molecule has 0 N–H and O–H groups in total. The first-order chi connectivity index (χ1) is 18.6. The highest BCUT2D eigenvalue weighted by atomic mass is 35.5. The maximum Gasteiger partial charge on any atom is 0.416 e. The second-order valence-electron chi connectivity index (χ2n) is 9.38. The summed E-state index contributed by atoms with van der Waals surface area (Å²) < 4.78 is 46.9. The fraction of sp³-hybridized carbons (Fsp3) is 0.321. The Hall–Kier alpha value is -2.75. The molecule has 0 aromatic heterocycles. The average molecular weight is 599 g/mol. The summed E-state index contributed by atoms with van der Waals surface area (Å²) in [4.78, 5) is 18.0. The quantitative estimate of drug-likeness (QED) is 0.235. The molecular formula is C28H28Cl2F3N3O2S. The summed E-state index contributed by atoms with van der Waals surface area (Å²) in [6.07, 6.45) is -2.70. The summed E-state index contributed by atoms with van der Waals surface area (Å²) in [5.41, 5.74) is 0.356. The lowest BCUT2D eigenvalue weighted by atomic mass is 9.96. The van der Waals surface area contributed by atoms with Gasteiger partial charge in [-0.3, -0.25) is 9.10 Å². The van der Waals surface area contributed by atoms with E-state index in [1.54, 1.807) is 36.2 Å². The molecule has 3 aromatic rings. The van der Waals surface area contributed by atoms with Crippen LogP contribution >= 0.6 is 35.4 Å². The molecule has 1 aliphatic heterocycles. The van der Waals surface area contributed by atoms with Crippen molar-refractivity contribution in [3.63, 3.8) is 0 Å². The zero-order valence-corrected chi connectivity index (χ0v) is 23.5. The Morgan fingerprint density at radius 2 is 1.72 bits per heavy atom. The van der Waals surface area contributed by atoms with Gasteiger partial charge in [0.1, 0.15) is 18.4 Å². The standard InChI is InChI=1S/C28H28Cl2F3N3O2S/c1-34(18-20-13-15-35(16-14-20)23-5-3-2-4-6-23)27(37)19-36(39-24-10-8-22(29)9-11-24)25-17-21(28(31,32)33)7-12-26(25)38-30/h2-12,17,20H,13-16,18-19H2,1H3. The first kappa shape index (κ1) is 29.2. The molecule has 0 saturated carbocycles. The van der Waals surface area contributed by atoms with E-state index < -0.39 is 11.7 Å². The lowest BCUT2D eigenvalue weighted by Gasteiger charge is -2.35. The summed E-state index contributed by atoms with van der Waals surface area (Å²) in [6, 6.07) is 20.0. The predicted molar refractivity (Wildman–Crippen MR) is 152 cm³/mol. The number of carbonyl (C=O) groups excluding carboxylic acids is 1. The molecule has 0 bridgehead atoms. The topological polar surface area (TPSA) is 36.0 Å². The number of nitrogens with zero attached hydrogens (tertiary/aromatic N) is 3. The van der Waals surface area contributed by atoms with E-state index in [9.17, 15) is 18.0 Å². The highest BCUT2D eigenvalue weighted by Gasteiger charge is 2.33. The molecule has 39 heavy (non-hydrogen) atoms. The van der Waals surface area contributed by atoms with Crippen molar-refractivity contribution < 1.29 is 22.3 Å². The van der Waals surface area contributed by atoms with Gasteiger partial charge in [0.2, 0.25) is 5.91 Å². The summed E-state index contributed by atoms with van der Waals surface area (Å²) >= 11 is 12.7. The zero-order chi connectivity index (χ0) is 28.0. The molecule has 11 heteroatoms. The van der Waals surface area contributed by atoms with Crippen LogP contribution in [-0.4, -0.2) is 44.0 Å². The fourth-order valence-corrected chi connectivity index (χ4v) is 5.67. The van der Waals surface area contributed by atoms with Crippen LogP contribution in [0.2, 0.25) is 5.02 Å². The van der Waals surface area contributed by atoms with Gasteiger partial charge in [-0.25, -0.2) is 0 Å². The molecule has 1 saturated heterocycles. The van der Waals surface area contributed by atoms with Crippen molar-refractivity contribution in [3.05, 3.63) is 83.4 Å². The molecule has 0 radical (unpaired) electrons. The Kier molecular flexibility index (Phi) is 9.80. The molecule has 1 heterocycles. The van der Waals surface area contributed by atoms with Crippen LogP contribution in [0.15, 0.2) is 77.7 Å². The third-order valence-corrected chi connectivity index (χ3v) is 8.09. The van der Waals surface area contributed by atoms with Crippen LogP contribution in [0, 0.1) is 5.92 Å². The van der Waals surface area contributed by atoms with E-state index in [1.165, 1.54) is 9.99 Å². The minimum atomic E-state index is -4.58. The van der Waals surface area contributed by atoms with Gasteiger partial charge in [0.15, 0.2) is 5.75 Å². The van der Waals surface area contributed by atoms with Crippen LogP contribution in [0.5, 0.6) is 5.75 Å². The predicted octanol–water partition coefficient (Wildman–Crippen LogP) is 7.78. The van der Waals surface area contributed by atoms with E-state index in [0.29, 0.717) is 22.4 Å². The van der Waals surface area contributed by atoms with Crippen LogP contribution < -0.4 is 13.5 Å². The lowest BCUT2D eigenvalue weighted by molar-refractivity contribution is -0.137. The van der Waals surface area contributed by atoms with Crippen LogP contribution in [0.1, 0.15) is 18.4 Å². The summed E-state index contributed by atoms with van der Waals surface area (Å²) in [7, 11) is 1.72. The summed E-state index contributed by atoms with van der Waals surface area (Å²) in [5.74, 6) is 0.0985. The molecule has 4 rings (SSSR count). The summed E-state index contributed by atoms with van der Waals surface area (Å²) in [5, 5.41) is 0.517. The number of carbonyl (C=O) groups is 1. The highest BCUT2D eigenvalue weighted by Crippen LogP contribution is 2.41.